The lowest BCUT2D eigenvalue weighted by atomic mass is 10.00. The summed E-state index contributed by atoms with van der Waals surface area (Å²) in [5.74, 6) is 1.78. The summed E-state index contributed by atoms with van der Waals surface area (Å²) in [4.78, 5) is 16.6. The van der Waals surface area contributed by atoms with Crippen LogP contribution in [0.25, 0.3) is 11.6 Å². The van der Waals surface area contributed by atoms with Crippen molar-refractivity contribution < 1.29 is 0 Å². The smallest absolute Gasteiger partial charge is 0.160 e. The molecule has 1 saturated carbocycles. The number of aromatic nitrogens is 2. The van der Waals surface area contributed by atoms with Gasteiger partial charge in [-0.3, -0.25) is 4.90 Å². The second kappa shape index (κ2) is 7.01. The van der Waals surface area contributed by atoms with Crippen molar-refractivity contribution >= 4 is 23.2 Å². The third-order valence-corrected chi connectivity index (χ3v) is 5.96. The van der Waals surface area contributed by atoms with Crippen molar-refractivity contribution in [2.75, 3.05) is 6.54 Å². The summed E-state index contributed by atoms with van der Waals surface area (Å²) in [6.07, 6.45) is 9.97. The SMILES string of the molecule is CC1=c2cccc/c2=C/C(=Nc2ncnc3c2CN(CC2CC2)C3)CCC1. The zero-order valence-corrected chi connectivity index (χ0v) is 16.0. The average Bonchev–Trinajstić information content (AvgIpc) is 3.37. The van der Waals surface area contributed by atoms with Gasteiger partial charge in [-0.2, -0.15) is 0 Å². The predicted molar refractivity (Wildman–Crippen MR) is 109 cm³/mol. The molecule has 0 bridgehead atoms. The van der Waals surface area contributed by atoms with Crippen molar-refractivity contribution in [2.45, 2.75) is 52.1 Å². The van der Waals surface area contributed by atoms with Crippen LogP contribution in [0.2, 0.25) is 0 Å². The zero-order valence-electron chi connectivity index (χ0n) is 16.0. The first-order valence-corrected chi connectivity index (χ1v) is 10.2. The Bertz CT molecular complexity index is 1020. The number of aliphatic imine (C=N–C) groups is 1. The number of benzene rings is 1. The van der Waals surface area contributed by atoms with Gasteiger partial charge in [0.25, 0.3) is 0 Å². The van der Waals surface area contributed by atoms with E-state index in [9.17, 15) is 0 Å². The van der Waals surface area contributed by atoms with Crippen LogP contribution < -0.4 is 10.4 Å². The Hall–Kier alpha value is -2.33. The lowest BCUT2D eigenvalue weighted by Crippen LogP contribution is -2.28. The van der Waals surface area contributed by atoms with Gasteiger partial charge < -0.3 is 0 Å². The Kier molecular flexibility index (Phi) is 4.36. The Morgan fingerprint density at radius 1 is 1.11 bits per heavy atom. The van der Waals surface area contributed by atoms with Crippen LogP contribution in [-0.2, 0) is 13.1 Å². The molecule has 1 aliphatic heterocycles. The molecular weight excluding hydrogens is 332 g/mol. The molecule has 4 heteroatoms. The van der Waals surface area contributed by atoms with E-state index in [1.165, 1.54) is 46.7 Å². The molecule has 1 aromatic heterocycles. The van der Waals surface area contributed by atoms with E-state index < -0.39 is 0 Å². The monoisotopic (exact) mass is 358 g/mol. The lowest BCUT2D eigenvalue weighted by Gasteiger charge is -2.13. The predicted octanol–water partition coefficient (Wildman–Crippen LogP) is 3.11. The van der Waals surface area contributed by atoms with E-state index in [1.807, 2.05) is 0 Å². The zero-order chi connectivity index (χ0) is 18.2. The van der Waals surface area contributed by atoms with Gasteiger partial charge in [0.1, 0.15) is 6.33 Å². The van der Waals surface area contributed by atoms with Crippen molar-refractivity contribution in [2.24, 2.45) is 10.9 Å². The van der Waals surface area contributed by atoms with Crippen molar-refractivity contribution in [3.05, 3.63) is 52.3 Å². The van der Waals surface area contributed by atoms with E-state index in [0.717, 1.165) is 49.8 Å². The van der Waals surface area contributed by atoms with Crippen LogP contribution in [0.4, 0.5) is 5.82 Å². The summed E-state index contributed by atoms with van der Waals surface area (Å²) in [6, 6.07) is 8.66. The molecular formula is C23H26N4. The number of hydrogen-bond donors (Lipinski definition) is 0. The Morgan fingerprint density at radius 2 is 2.00 bits per heavy atom. The summed E-state index contributed by atoms with van der Waals surface area (Å²) in [7, 11) is 0. The van der Waals surface area contributed by atoms with Crippen LogP contribution in [-0.4, -0.2) is 27.1 Å². The van der Waals surface area contributed by atoms with E-state index in [4.69, 9.17) is 4.99 Å². The maximum Gasteiger partial charge on any atom is 0.160 e. The van der Waals surface area contributed by atoms with Gasteiger partial charge in [0.05, 0.1) is 5.69 Å². The minimum absolute atomic E-state index is 0.878. The second-order valence-corrected chi connectivity index (χ2v) is 8.20. The van der Waals surface area contributed by atoms with Crippen LogP contribution in [0, 0.1) is 5.92 Å². The first kappa shape index (κ1) is 16.8. The van der Waals surface area contributed by atoms with Crippen molar-refractivity contribution in [1.82, 2.24) is 14.9 Å². The van der Waals surface area contributed by atoms with Crippen LogP contribution in [0.5, 0.6) is 0 Å². The van der Waals surface area contributed by atoms with E-state index in [0.29, 0.717) is 0 Å². The molecule has 0 N–H and O–H groups in total. The van der Waals surface area contributed by atoms with Crippen molar-refractivity contribution in [3.63, 3.8) is 0 Å². The molecule has 0 radical (unpaired) electrons. The quantitative estimate of drug-likeness (QED) is 0.847. The average molecular weight is 358 g/mol. The Balaban J connectivity index is 1.52. The topological polar surface area (TPSA) is 41.4 Å². The second-order valence-electron chi connectivity index (χ2n) is 8.20. The Morgan fingerprint density at radius 3 is 2.89 bits per heavy atom. The summed E-state index contributed by atoms with van der Waals surface area (Å²) in [5.41, 5.74) is 5.01. The van der Waals surface area contributed by atoms with Crippen LogP contribution in [0.1, 0.15) is 50.3 Å². The first-order chi connectivity index (χ1) is 13.3. The van der Waals surface area contributed by atoms with Crippen LogP contribution >= 0.6 is 0 Å². The highest BCUT2D eigenvalue weighted by atomic mass is 15.2. The molecule has 27 heavy (non-hydrogen) atoms. The van der Waals surface area contributed by atoms with Gasteiger partial charge in [-0.1, -0.05) is 29.8 Å². The molecule has 0 unspecified atom stereocenters. The molecule has 2 heterocycles. The molecule has 3 aliphatic rings. The van der Waals surface area contributed by atoms with Crippen LogP contribution in [0.15, 0.2) is 35.6 Å². The van der Waals surface area contributed by atoms with Crippen molar-refractivity contribution in [1.29, 1.82) is 0 Å². The van der Waals surface area contributed by atoms with E-state index in [-0.39, 0.29) is 0 Å². The molecule has 1 aromatic carbocycles. The number of nitrogens with zero attached hydrogens (tertiary/aromatic N) is 4. The maximum atomic E-state index is 5.02. The normalized spacial score (nSPS) is 22.6. The Labute approximate surface area is 160 Å². The summed E-state index contributed by atoms with van der Waals surface area (Å²) in [6.45, 7) is 5.34. The van der Waals surface area contributed by atoms with Crippen molar-refractivity contribution in [3.8, 4) is 0 Å². The molecule has 2 aliphatic carbocycles. The van der Waals surface area contributed by atoms with Gasteiger partial charge >= 0.3 is 0 Å². The maximum absolute atomic E-state index is 5.02. The molecule has 0 saturated heterocycles. The van der Waals surface area contributed by atoms with E-state index in [2.05, 4.69) is 52.1 Å². The van der Waals surface area contributed by atoms with Gasteiger partial charge in [-0.25, -0.2) is 15.0 Å². The van der Waals surface area contributed by atoms with E-state index in [1.54, 1.807) is 6.33 Å². The summed E-state index contributed by atoms with van der Waals surface area (Å²) >= 11 is 0. The lowest BCUT2D eigenvalue weighted by molar-refractivity contribution is 0.271. The van der Waals surface area contributed by atoms with Gasteiger partial charge in [-0.15, -0.1) is 0 Å². The summed E-state index contributed by atoms with van der Waals surface area (Å²) in [5, 5.41) is 2.63. The van der Waals surface area contributed by atoms with E-state index >= 15 is 0 Å². The number of fused-ring (bicyclic) bond motifs is 2. The highest BCUT2D eigenvalue weighted by molar-refractivity contribution is 6.11. The molecule has 0 atom stereocenters. The van der Waals surface area contributed by atoms with Gasteiger partial charge in [0.2, 0.25) is 0 Å². The fraction of sp³-hybridized carbons (Fsp3) is 0.435. The number of hydrogen-bond acceptors (Lipinski definition) is 4. The third kappa shape index (κ3) is 3.59. The molecule has 5 rings (SSSR count). The van der Waals surface area contributed by atoms with Gasteiger partial charge in [0, 0.05) is 30.9 Å². The number of rotatable bonds is 3. The first-order valence-electron chi connectivity index (χ1n) is 10.2. The molecule has 0 spiro atoms. The summed E-state index contributed by atoms with van der Waals surface area (Å²) < 4.78 is 0. The molecule has 1 fully saturated rings. The fourth-order valence-electron chi connectivity index (χ4n) is 4.28. The molecule has 4 nitrogen and oxygen atoms in total. The standard InChI is InChI=1S/C23H26N4/c1-16-5-4-7-19(11-18-6-2-3-8-20(16)18)26-23-21-13-27(12-17-9-10-17)14-22(21)24-15-25-23/h2-3,6,8,11,15,17H,4-5,7,9-10,12-14H2,1H3/b18-11-,20-16?,26-19?. The molecule has 138 valence electrons. The van der Waals surface area contributed by atoms with Crippen LogP contribution in [0.3, 0.4) is 0 Å². The highest BCUT2D eigenvalue weighted by Gasteiger charge is 2.29. The fourth-order valence-corrected chi connectivity index (χ4v) is 4.28. The van der Waals surface area contributed by atoms with Gasteiger partial charge in [-0.05, 0) is 61.5 Å². The molecule has 0 amide bonds. The molecule has 2 aromatic rings. The highest BCUT2D eigenvalue weighted by Crippen LogP contribution is 2.34. The minimum atomic E-state index is 0.878. The third-order valence-electron chi connectivity index (χ3n) is 5.96. The van der Waals surface area contributed by atoms with Gasteiger partial charge in [0.15, 0.2) is 5.82 Å². The largest absolute Gasteiger partial charge is 0.293 e. The minimum Gasteiger partial charge on any atom is -0.293 e.